The average Bonchev–Trinajstić information content (AvgIpc) is 2.90. The van der Waals surface area contributed by atoms with Crippen LogP contribution in [0.15, 0.2) is 52.0 Å². The first-order valence-electron chi connectivity index (χ1n) is 6.24. The predicted octanol–water partition coefficient (Wildman–Crippen LogP) is 4.51. The lowest BCUT2D eigenvalue weighted by Crippen LogP contribution is -1.91. The van der Waals surface area contributed by atoms with Gasteiger partial charge in [0.05, 0.1) is 28.0 Å². The summed E-state index contributed by atoms with van der Waals surface area (Å²) in [5.41, 5.74) is 4.91. The van der Waals surface area contributed by atoms with Gasteiger partial charge in [0.25, 0.3) is 0 Å². The zero-order valence-electron chi connectivity index (χ0n) is 11.2. The molecule has 0 atom stereocenters. The number of anilines is 1. The Bertz CT molecular complexity index is 767. The molecule has 0 unspecified atom stereocenters. The molecule has 0 amide bonds. The lowest BCUT2D eigenvalue weighted by Gasteiger charge is -2.02. The van der Waals surface area contributed by atoms with Crippen LogP contribution in [0.3, 0.4) is 0 Å². The molecule has 1 N–H and O–H groups in total. The molecule has 3 rings (SSSR count). The van der Waals surface area contributed by atoms with Crippen LogP contribution >= 0.6 is 27.3 Å². The van der Waals surface area contributed by atoms with Gasteiger partial charge in [0, 0.05) is 0 Å². The van der Waals surface area contributed by atoms with E-state index >= 15 is 0 Å². The molecule has 0 aliphatic heterocycles. The minimum Gasteiger partial charge on any atom is -0.496 e. The SMILES string of the molecule is COc1ccc(C=NNc2nc3ccccc3s2)cc1Br. The topological polar surface area (TPSA) is 46.5 Å². The summed E-state index contributed by atoms with van der Waals surface area (Å²) in [4.78, 5) is 4.45. The highest BCUT2D eigenvalue weighted by Crippen LogP contribution is 2.26. The van der Waals surface area contributed by atoms with E-state index in [2.05, 4.69) is 31.4 Å². The van der Waals surface area contributed by atoms with Crippen LogP contribution in [-0.2, 0) is 0 Å². The standard InChI is InChI=1S/C15H12BrN3OS/c1-20-13-7-6-10(8-11(13)16)9-17-19-15-18-12-4-2-3-5-14(12)21-15/h2-9H,1H3,(H,18,19). The molecule has 106 valence electrons. The molecule has 6 heteroatoms. The fraction of sp³-hybridized carbons (Fsp3) is 0.0667. The molecule has 0 saturated carbocycles. The van der Waals surface area contributed by atoms with Crippen LogP contribution < -0.4 is 10.2 Å². The lowest BCUT2D eigenvalue weighted by atomic mass is 10.2. The van der Waals surface area contributed by atoms with E-state index in [0.717, 1.165) is 31.1 Å². The second-order valence-electron chi connectivity index (χ2n) is 4.25. The van der Waals surface area contributed by atoms with Crippen molar-refractivity contribution in [1.29, 1.82) is 0 Å². The van der Waals surface area contributed by atoms with Crippen molar-refractivity contribution in [3.63, 3.8) is 0 Å². The van der Waals surface area contributed by atoms with E-state index in [1.807, 2.05) is 42.5 Å². The molecule has 0 saturated heterocycles. The second-order valence-corrected chi connectivity index (χ2v) is 6.14. The minimum atomic E-state index is 0.778. The number of hydrazone groups is 1. The van der Waals surface area contributed by atoms with Gasteiger partial charge < -0.3 is 4.74 Å². The summed E-state index contributed by atoms with van der Waals surface area (Å²) in [5, 5.41) is 4.99. The van der Waals surface area contributed by atoms with Gasteiger partial charge in [-0.2, -0.15) is 5.10 Å². The molecule has 0 fully saturated rings. The molecule has 0 aliphatic carbocycles. The third-order valence-electron chi connectivity index (χ3n) is 2.84. The van der Waals surface area contributed by atoms with Gasteiger partial charge in [-0.1, -0.05) is 23.5 Å². The Morgan fingerprint density at radius 3 is 2.90 bits per heavy atom. The van der Waals surface area contributed by atoms with Crippen molar-refractivity contribution < 1.29 is 4.74 Å². The number of hydrogen-bond donors (Lipinski definition) is 1. The van der Waals surface area contributed by atoms with Crippen LogP contribution in [0.5, 0.6) is 5.75 Å². The van der Waals surface area contributed by atoms with E-state index in [1.54, 1.807) is 24.7 Å². The highest BCUT2D eigenvalue weighted by Gasteiger charge is 2.02. The van der Waals surface area contributed by atoms with Crippen LogP contribution in [0.2, 0.25) is 0 Å². The normalized spacial score (nSPS) is 11.1. The summed E-state index contributed by atoms with van der Waals surface area (Å²) >= 11 is 5.03. The van der Waals surface area contributed by atoms with Gasteiger partial charge in [0.1, 0.15) is 5.75 Å². The van der Waals surface area contributed by atoms with Crippen LogP contribution in [0.1, 0.15) is 5.56 Å². The first-order chi connectivity index (χ1) is 10.3. The maximum Gasteiger partial charge on any atom is 0.204 e. The number of hydrogen-bond acceptors (Lipinski definition) is 5. The number of methoxy groups -OCH3 is 1. The number of fused-ring (bicyclic) bond motifs is 1. The van der Waals surface area contributed by atoms with E-state index in [1.165, 1.54) is 0 Å². The fourth-order valence-corrected chi connectivity index (χ4v) is 3.22. The van der Waals surface area contributed by atoms with Crippen molar-refractivity contribution >= 4 is 48.8 Å². The number of thiazole rings is 1. The number of benzene rings is 2. The second kappa shape index (κ2) is 6.24. The van der Waals surface area contributed by atoms with Crippen molar-refractivity contribution in [2.45, 2.75) is 0 Å². The number of nitrogens with one attached hydrogen (secondary N) is 1. The van der Waals surface area contributed by atoms with Crippen LogP contribution in [0, 0.1) is 0 Å². The van der Waals surface area contributed by atoms with Gasteiger partial charge in [-0.25, -0.2) is 4.98 Å². The summed E-state index contributed by atoms with van der Waals surface area (Å²) in [5.74, 6) is 0.797. The number of para-hydroxylation sites is 1. The van der Waals surface area contributed by atoms with Crippen LogP contribution in [0.25, 0.3) is 10.2 Å². The first kappa shape index (κ1) is 14.0. The maximum absolute atomic E-state index is 5.19. The van der Waals surface area contributed by atoms with E-state index in [0.29, 0.717) is 0 Å². The quantitative estimate of drug-likeness (QED) is 0.549. The summed E-state index contributed by atoms with van der Waals surface area (Å²) in [6.07, 6.45) is 1.75. The molecule has 0 bridgehead atoms. The lowest BCUT2D eigenvalue weighted by molar-refractivity contribution is 0.412. The number of halogens is 1. The van der Waals surface area contributed by atoms with Gasteiger partial charge >= 0.3 is 0 Å². The largest absolute Gasteiger partial charge is 0.496 e. The van der Waals surface area contributed by atoms with Gasteiger partial charge in [-0.15, -0.1) is 0 Å². The van der Waals surface area contributed by atoms with Gasteiger partial charge in [-0.05, 0) is 51.8 Å². The number of ether oxygens (including phenoxy) is 1. The van der Waals surface area contributed by atoms with Crippen molar-refractivity contribution in [2.24, 2.45) is 5.10 Å². The number of aromatic nitrogens is 1. The molecule has 0 radical (unpaired) electrons. The Labute approximate surface area is 134 Å². The fourth-order valence-electron chi connectivity index (χ4n) is 1.84. The molecular weight excluding hydrogens is 350 g/mol. The number of rotatable bonds is 4. The van der Waals surface area contributed by atoms with Gasteiger partial charge in [0.2, 0.25) is 5.13 Å². The third-order valence-corrected chi connectivity index (χ3v) is 4.40. The molecule has 3 aromatic rings. The van der Waals surface area contributed by atoms with E-state index < -0.39 is 0 Å². The van der Waals surface area contributed by atoms with Crippen molar-refractivity contribution in [3.05, 3.63) is 52.5 Å². The van der Waals surface area contributed by atoms with Crippen molar-refractivity contribution in [2.75, 3.05) is 12.5 Å². The zero-order chi connectivity index (χ0) is 14.7. The van der Waals surface area contributed by atoms with Gasteiger partial charge in [-0.3, -0.25) is 5.43 Å². The third kappa shape index (κ3) is 3.22. The minimum absolute atomic E-state index is 0.778. The summed E-state index contributed by atoms with van der Waals surface area (Å²) in [6, 6.07) is 13.8. The van der Waals surface area contributed by atoms with Crippen LogP contribution in [-0.4, -0.2) is 18.3 Å². The molecule has 0 aliphatic rings. The monoisotopic (exact) mass is 361 g/mol. The molecule has 21 heavy (non-hydrogen) atoms. The Hall–Kier alpha value is -1.92. The number of nitrogens with zero attached hydrogens (tertiary/aromatic N) is 2. The van der Waals surface area contributed by atoms with Gasteiger partial charge in [0.15, 0.2) is 0 Å². The van der Waals surface area contributed by atoms with E-state index in [-0.39, 0.29) is 0 Å². The highest BCUT2D eigenvalue weighted by molar-refractivity contribution is 9.10. The molecule has 1 heterocycles. The molecule has 2 aromatic carbocycles. The predicted molar refractivity (Wildman–Crippen MR) is 91.5 cm³/mol. The smallest absolute Gasteiger partial charge is 0.204 e. The zero-order valence-corrected chi connectivity index (χ0v) is 13.6. The average molecular weight is 362 g/mol. The Morgan fingerprint density at radius 2 is 2.14 bits per heavy atom. The van der Waals surface area contributed by atoms with E-state index in [4.69, 9.17) is 4.74 Å². The maximum atomic E-state index is 5.19. The Kier molecular flexibility index (Phi) is 4.17. The molecule has 0 spiro atoms. The van der Waals surface area contributed by atoms with Crippen LogP contribution in [0.4, 0.5) is 5.13 Å². The summed E-state index contributed by atoms with van der Waals surface area (Å²) in [6.45, 7) is 0. The summed E-state index contributed by atoms with van der Waals surface area (Å²) < 4.78 is 7.23. The Balaban J connectivity index is 1.73. The molecular formula is C15H12BrN3OS. The summed E-state index contributed by atoms with van der Waals surface area (Å²) in [7, 11) is 1.64. The van der Waals surface area contributed by atoms with Crippen molar-refractivity contribution in [1.82, 2.24) is 4.98 Å². The molecule has 4 nitrogen and oxygen atoms in total. The highest BCUT2D eigenvalue weighted by atomic mass is 79.9. The van der Waals surface area contributed by atoms with E-state index in [9.17, 15) is 0 Å². The van der Waals surface area contributed by atoms with Crippen molar-refractivity contribution in [3.8, 4) is 5.75 Å². The first-order valence-corrected chi connectivity index (χ1v) is 7.85. The molecule has 1 aromatic heterocycles. The Morgan fingerprint density at radius 1 is 1.29 bits per heavy atom.